The predicted octanol–water partition coefficient (Wildman–Crippen LogP) is 15.0. The van der Waals surface area contributed by atoms with E-state index in [4.69, 9.17) is 4.42 Å². The lowest BCUT2D eigenvalue weighted by Crippen LogP contribution is -1.97. The maximum absolute atomic E-state index is 6.60. The van der Waals surface area contributed by atoms with Crippen molar-refractivity contribution in [2.45, 2.75) is 0 Å². The van der Waals surface area contributed by atoms with Gasteiger partial charge in [-0.05, 0) is 80.9 Å². The normalized spacial score (nSPS) is 11.6. The van der Waals surface area contributed by atoms with Crippen LogP contribution in [0.1, 0.15) is 0 Å². The molecule has 0 atom stereocenters. The first-order chi connectivity index (χ1) is 27.8. The molecular weight excluding hydrogens is 679 g/mol. The third-order valence-electron chi connectivity index (χ3n) is 11.3. The molecule has 9 aromatic carbocycles. The highest BCUT2D eigenvalue weighted by Crippen LogP contribution is 2.44. The monoisotopic (exact) mass is 713 g/mol. The van der Waals surface area contributed by atoms with E-state index in [1.54, 1.807) is 0 Å². The molecule has 0 bridgehead atoms. The zero-order valence-electron chi connectivity index (χ0n) is 30.6. The van der Waals surface area contributed by atoms with E-state index in [-0.39, 0.29) is 0 Å². The molecule has 0 fully saturated rings. The summed E-state index contributed by atoms with van der Waals surface area (Å²) in [5, 5.41) is 4.66. The average Bonchev–Trinajstić information content (AvgIpc) is 3.82. The van der Waals surface area contributed by atoms with Crippen molar-refractivity contribution in [1.29, 1.82) is 0 Å². The summed E-state index contributed by atoms with van der Waals surface area (Å²) in [5.41, 5.74) is 17.1. The molecule has 2 aromatic heterocycles. The molecule has 0 aliphatic heterocycles. The minimum absolute atomic E-state index is 0.899. The minimum Gasteiger partial charge on any atom is -0.455 e. The number of nitrogens with zero attached hydrogens (tertiary/aromatic N) is 1. The number of benzene rings is 9. The Kier molecular flexibility index (Phi) is 7.53. The van der Waals surface area contributed by atoms with Crippen LogP contribution in [0, 0.1) is 0 Å². The highest BCUT2D eigenvalue weighted by Gasteiger charge is 2.21. The Morgan fingerprint density at radius 1 is 0.286 bits per heavy atom. The second kappa shape index (κ2) is 13.2. The smallest absolute Gasteiger partial charge is 0.143 e. The van der Waals surface area contributed by atoms with Gasteiger partial charge in [-0.3, -0.25) is 0 Å². The predicted molar refractivity (Wildman–Crippen MR) is 235 cm³/mol. The average molecular weight is 714 g/mol. The first-order valence-electron chi connectivity index (χ1n) is 19.2. The lowest BCUT2D eigenvalue weighted by molar-refractivity contribution is 0.670. The Hall–Kier alpha value is -7.42. The van der Waals surface area contributed by atoms with Crippen molar-refractivity contribution < 1.29 is 4.42 Å². The second-order valence-corrected chi connectivity index (χ2v) is 14.4. The van der Waals surface area contributed by atoms with Crippen LogP contribution in [0.2, 0.25) is 0 Å². The summed E-state index contributed by atoms with van der Waals surface area (Å²) in [5.74, 6) is 0. The molecule has 11 rings (SSSR count). The van der Waals surface area contributed by atoms with E-state index in [2.05, 4.69) is 211 Å². The maximum atomic E-state index is 6.60. The van der Waals surface area contributed by atoms with E-state index in [0.29, 0.717) is 0 Å². The van der Waals surface area contributed by atoms with Crippen LogP contribution in [-0.2, 0) is 0 Å². The first-order valence-corrected chi connectivity index (χ1v) is 19.2. The van der Waals surface area contributed by atoms with Crippen LogP contribution in [0.5, 0.6) is 0 Å². The van der Waals surface area contributed by atoms with Crippen molar-refractivity contribution in [2.75, 3.05) is 0 Å². The Morgan fingerprint density at radius 2 is 0.732 bits per heavy atom. The van der Waals surface area contributed by atoms with Crippen LogP contribution in [0.4, 0.5) is 0 Å². The van der Waals surface area contributed by atoms with Gasteiger partial charge in [-0.1, -0.05) is 176 Å². The van der Waals surface area contributed by atoms with Crippen LogP contribution in [-0.4, -0.2) is 4.57 Å². The molecule has 0 aliphatic carbocycles. The number of fused-ring (bicyclic) bond motifs is 6. The van der Waals surface area contributed by atoms with Gasteiger partial charge in [0.15, 0.2) is 0 Å². The summed E-state index contributed by atoms with van der Waals surface area (Å²) in [7, 11) is 0. The molecule has 2 heterocycles. The maximum Gasteiger partial charge on any atom is 0.143 e. The van der Waals surface area contributed by atoms with Crippen LogP contribution < -0.4 is 0 Å². The highest BCUT2D eigenvalue weighted by atomic mass is 16.3. The minimum atomic E-state index is 0.899. The van der Waals surface area contributed by atoms with Crippen molar-refractivity contribution in [3.05, 3.63) is 212 Å². The van der Waals surface area contributed by atoms with Crippen molar-refractivity contribution in [2.24, 2.45) is 0 Å². The highest BCUT2D eigenvalue weighted by molar-refractivity contribution is 6.14. The van der Waals surface area contributed by atoms with E-state index in [9.17, 15) is 0 Å². The van der Waals surface area contributed by atoms with E-state index < -0.39 is 0 Å². The number of furan rings is 1. The summed E-state index contributed by atoms with van der Waals surface area (Å²) in [4.78, 5) is 0. The van der Waals surface area contributed by atoms with Gasteiger partial charge in [0, 0.05) is 32.7 Å². The van der Waals surface area contributed by atoms with Crippen molar-refractivity contribution in [1.82, 2.24) is 4.57 Å². The molecule has 0 spiro atoms. The molecular formula is C54H35NO. The zero-order chi connectivity index (χ0) is 37.0. The van der Waals surface area contributed by atoms with Crippen molar-refractivity contribution in [3.63, 3.8) is 0 Å². The van der Waals surface area contributed by atoms with Gasteiger partial charge in [0.1, 0.15) is 11.2 Å². The van der Waals surface area contributed by atoms with Gasteiger partial charge >= 0.3 is 0 Å². The Balaban J connectivity index is 1.18. The fourth-order valence-electron chi connectivity index (χ4n) is 8.68. The first kappa shape index (κ1) is 32.0. The van der Waals surface area contributed by atoms with Crippen LogP contribution >= 0.6 is 0 Å². The van der Waals surface area contributed by atoms with Crippen LogP contribution in [0.3, 0.4) is 0 Å². The molecule has 56 heavy (non-hydrogen) atoms. The van der Waals surface area contributed by atoms with E-state index in [1.807, 2.05) is 6.07 Å². The summed E-state index contributed by atoms with van der Waals surface area (Å²) in [6, 6.07) is 76.4. The standard InChI is InChI=1S/C54H35NO/c1-3-16-36(17-4-1)40-20-7-9-22-42(40)38-30-32-51-48(34-38)49-35-39(43-23-10-8-21-41(43)37-18-5-2-6-19-37)31-33-52(49)55(51)50-28-13-11-24-44(50)46-26-15-27-47-45-25-12-14-29-53(45)56-54(46)47/h1-35H. The molecule has 0 N–H and O–H groups in total. The van der Waals surface area contributed by atoms with Gasteiger partial charge in [-0.25, -0.2) is 0 Å². The molecule has 0 amide bonds. The molecule has 11 aromatic rings. The van der Waals surface area contributed by atoms with Gasteiger partial charge in [-0.15, -0.1) is 0 Å². The number of aromatic nitrogens is 1. The third-order valence-corrected chi connectivity index (χ3v) is 11.3. The van der Waals surface area contributed by atoms with Crippen molar-refractivity contribution in [3.8, 4) is 61.3 Å². The van der Waals surface area contributed by atoms with E-state index in [1.165, 1.54) is 55.3 Å². The molecule has 2 heteroatoms. The topological polar surface area (TPSA) is 18.1 Å². The number of hydrogen-bond acceptors (Lipinski definition) is 1. The fraction of sp³-hybridized carbons (Fsp3) is 0. The zero-order valence-corrected chi connectivity index (χ0v) is 30.6. The van der Waals surface area contributed by atoms with E-state index in [0.717, 1.165) is 49.8 Å². The molecule has 0 radical (unpaired) electrons. The Bertz CT molecular complexity index is 3100. The van der Waals surface area contributed by atoms with Gasteiger partial charge in [0.25, 0.3) is 0 Å². The number of hydrogen-bond donors (Lipinski definition) is 0. The van der Waals surface area contributed by atoms with Gasteiger partial charge in [-0.2, -0.15) is 0 Å². The summed E-state index contributed by atoms with van der Waals surface area (Å²) in [6.07, 6.45) is 0. The van der Waals surface area contributed by atoms with Crippen molar-refractivity contribution >= 4 is 43.7 Å². The quantitative estimate of drug-likeness (QED) is 0.168. The number of para-hydroxylation sites is 3. The third kappa shape index (κ3) is 5.19. The van der Waals surface area contributed by atoms with Crippen LogP contribution in [0.15, 0.2) is 217 Å². The SMILES string of the molecule is c1ccc(-c2ccccc2-c2ccc3c(c2)c2cc(-c4ccccc4-c4ccccc4)ccc2n3-c2ccccc2-c2cccc3c2oc2ccccc23)cc1. The molecule has 262 valence electrons. The molecule has 0 saturated carbocycles. The lowest BCUT2D eigenvalue weighted by atomic mass is 9.92. The molecule has 2 nitrogen and oxygen atoms in total. The Labute approximate surface area is 325 Å². The number of rotatable bonds is 6. The lowest BCUT2D eigenvalue weighted by Gasteiger charge is -2.15. The Morgan fingerprint density at radius 3 is 1.32 bits per heavy atom. The molecule has 0 saturated heterocycles. The van der Waals surface area contributed by atoms with Gasteiger partial charge in [0.05, 0.1) is 16.7 Å². The fourth-order valence-corrected chi connectivity index (χ4v) is 8.68. The molecule has 0 aliphatic rings. The van der Waals surface area contributed by atoms with Crippen LogP contribution in [0.25, 0.3) is 105 Å². The summed E-state index contributed by atoms with van der Waals surface area (Å²) >= 11 is 0. The summed E-state index contributed by atoms with van der Waals surface area (Å²) in [6.45, 7) is 0. The van der Waals surface area contributed by atoms with E-state index >= 15 is 0 Å². The van der Waals surface area contributed by atoms with Gasteiger partial charge in [0.2, 0.25) is 0 Å². The largest absolute Gasteiger partial charge is 0.455 e. The van der Waals surface area contributed by atoms with Gasteiger partial charge < -0.3 is 8.98 Å². The summed E-state index contributed by atoms with van der Waals surface area (Å²) < 4.78 is 9.05. The molecule has 0 unspecified atom stereocenters. The second-order valence-electron chi connectivity index (χ2n) is 14.4.